The van der Waals surface area contributed by atoms with Crippen LogP contribution < -0.4 is 0 Å². The molecule has 0 amide bonds. The molecule has 90 valence electrons. The first-order valence-corrected chi connectivity index (χ1v) is 6.63. The Balaban J connectivity index is 2.06. The average Bonchev–Trinajstić information content (AvgIpc) is 2.89. The third-order valence-electron chi connectivity index (χ3n) is 3.61. The van der Waals surface area contributed by atoms with E-state index in [2.05, 4.69) is 11.1 Å². The fourth-order valence-electron chi connectivity index (χ4n) is 2.71. The number of hydrogen-bond acceptors (Lipinski definition) is 3. The van der Waals surface area contributed by atoms with E-state index in [0.29, 0.717) is 18.3 Å². The van der Waals surface area contributed by atoms with E-state index in [4.69, 9.17) is 17.5 Å². The van der Waals surface area contributed by atoms with Gasteiger partial charge in [-0.05, 0) is 25.2 Å². The smallest absolute Gasteiger partial charge is 0.0995 e. The van der Waals surface area contributed by atoms with Crippen molar-refractivity contribution in [1.29, 1.82) is 5.26 Å². The Morgan fingerprint density at radius 3 is 3.00 bits per heavy atom. The first-order chi connectivity index (χ1) is 8.33. The topological polar surface area (TPSA) is 41.6 Å². The molecule has 0 N–H and O–H groups in total. The summed E-state index contributed by atoms with van der Waals surface area (Å²) in [5.41, 5.74) is 0. The van der Waals surface area contributed by atoms with E-state index in [1.807, 2.05) is 10.8 Å². The summed E-state index contributed by atoms with van der Waals surface area (Å²) in [7, 11) is 0. The summed E-state index contributed by atoms with van der Waals surface area (Å²) >= 11 is 5.56. The molecule has 0 bridgehead atoms. The van der Waals surface area contributed by atoms with E-state index in [9.17, 15) is 0 Å². The van der Waals surface area contributed by atoms with Gasteiger partial charge in [-0.15, -0.1) is 0 Å². The van der Waals surface area contributed by atoms with Crippen molar-refractivity contribution in [1.82, 2.24) is 9.55 Å². The van der Waals surface area contributed by atoms with Crippen LogP contribution in [0, 0.1) is 23.2 Å². The third-order valence-corrected chi connectivity index (χ3v) is 4.13. The predicted octanol–water partition coefficient (Wildman–Crippen LogP) is 3.17. The standard InChI is InChI=1S/C13H17N3S/c14-7-3-5-11-4-1-2-6-12(11)13(17)16-9-8-15-10-16/h8-12H,1-6H2. The molecule has 1 aromatic heterocycles. The molecule has 1 aliphatic rings. The van der Waals surface area contributed by atoms with E-state index in [-0.39, 0.29) is 0 Å². The SMILES string of the molecule is N#CCCC1CCCCC1C(=S)n1ccnc1. The Hall–Kier alpha value is -1.21. The summed E-state index contributed by atoms with van der Waals surface area (Å²) in [4.78, 5) is 5.03. The van der Waals surface area contributed by atoms with E-state index in [0.717, 1.165) is 17.8 Å². The fourth-order valence-corrected chi connectivity index (χ4v) is 3.13. The summed E-state index contributed by atoms with van der Waals surface area (Å²) in [6.45, 7) is 0. The molecular weight excluding hydrogens is 230 g/mol. The average molecular weight is 247 g/mol. The Kier molecular flexibility index (Phi) is 4.27. The maximum absolute atomic E-state index is 8.71. The zero-order valence-corrected chi connectivity index (χ0v) is 10.7. The highest BCUT2D eigenvalue weighted by atomic mass is 32.1. The van der Waals surface area contributed by atoms with Crippen LogP contribution >= 0.6 is 12.2 Å². The number of hydrogen-bond donors (Lipinski definition) is 0. The Morgan fingerprint density at radius 1 is 1.47 bits per heavy atom. The van der Waals surface area contributed by atoms with Crippen LogP contribution in [0.5, 0.6) is 0 Å². The minimum Gasteiger partial charge on any atom is -0.300 e. The Labute approximate surface area is 107 Å². The minimum absolute atomic E-state index is 0.446. The van der Waals surface area contributed by atoms with Gasteiger partial charge in [0.1, 0.15) is 0 Å². The first-order valence-electron chi connectivity index (χ1n) is 6.22. The summed E-state index contributed by atoms with van der Waals surface area (Å²) in [6, 6.07) is 2.25. The number of thiocarbonyl (C=S) groups is 1. The normalized spacial score (nSPS) is 24.2. The highest BCUT2D eigenvalue weighted by molar-refractivity contribution is 7.80. The van der Waals surface area contributed by atoms with Gasteiger partial charge in [0.15, 0.2) is 0 Å². The van der Waals surface area contributed by atoms with Gasteiger partial charge in [-0.25, -0.2) is 4.98 Å². The molecule has 0 aromatic carbocycles. The number of imidazole rings is 1. The number of aromatic nitrogens is 2. The van der Waals surface area contributed by atoms with Crippen molar-refractivity contribution >= 4 is 17.2 Å². The fraction of sp³-hybridized carbons (Fsp3) is 0.615. The third kappa shape index (κ3) is 2.92. The molecule has 17 heavy (non-hydrogen) atoms. The summed E-state index contributed by atoms with van der Waals surface area (Å²) in [5.74, 6) is 1.03. The second kappa shape index (κ2) is 5.92. The van der Waals surface area contributed by atoms with Gasteiger partial charge in [0.05, 0.1) is 17.4 Å². The highest BCUT2D eigenvalue weighted by Gasteiger charge is 2.28. The molecular formula is C13H17N3S. The second-order valence-electron chi connectivity index (χ2n) is 4.66. The number of nitrogens with zero attached hydrogens (tertiary/aromatic N) is 3. The van der Waals surface area contributed by atoms with Crippen LogP contribution in [0.3, 0.4) is 0 Å². The predicted molar refractivity (Wildman–Crippen MR) is 70.5 cm³/mol. The quantitative estimate of drug-likeness (QED) is 0.770. The molecule has 0 radical (unpaired) electrons. The molecule has 1 saturated carbocycles. The van der Waals surface area contributed by atoms with Crippen LogP contribution in [-0.2, 0) is 0 Å². The van der Waals surface area contributed by atoms with Crippen molar-refractivity contribution in [2.24, 2.45) is 11.8 Å². The van der Waals surface area contributed by atoms with E-state index in [1.54, 1.807) is 12.5 Å². The number of nitriles is 1. The van der Waals surface area contributed by atoms with Crippen molar-refractivity contribution in [3.63, 3.8) is 0 Å². The van der Waals surface area contributed by atoms with Gasteiger partial charge in [-0.2, -0.15) is 5.26 Å². The largest absolute Gasteiger partial charge is 0.300 e. The van der Waals surface area contributed by atoms with Crippen LogP contribution in [0.15, 0.2) is 18.7 Å². The van der Waals surface area contributed by atoms with Gasteiger partial charge in [0.25, 0.3) is 0 Å². The van der Waals surface area contributed by atoms with Crippen molar-refractivity contribution in [2.75, 3.05) is 0 Å². The summed E-state index contributed by atoms with van der Waals surface area (Å²) in [6.07, 6.45) is 12.0. The van der Waals surface area contributed by atoms with Crippen molar-refractivity contribution in [3.8, 4) is 6.07 Å². The molecule has 1 fully saturated rings. The monoisotopic (exact) mass is 247 g/mol. The van der Waals surface area contributed by atoms with Crippen LogP contribution in [-0.4, -0.2) is 14.5 Å². The number of rotatable bonds is 3. The van der Waals surface area contributed by atoms with Gasteiger partial charge in [-0.1, -0.05) is 25.1 Å². The zero-order chi connectivity index (χ0) is 12.1. The first kappa shape index (κ1) is 12.3. The van der Waals surface area contributed by atoms with Crippen molar-refractivity contribution < 1.29 is 0 Å². The molecule has 0 spiro atoms. The van der Waals surface area contributed by atoms with E-state index >= 15 is 0 Å². The van der Waals surface area contributed by atoms with Gasteiger partial charge < -0.3 is 4.57 Å². The summed E-state index contributed by atoms with van der Waals surface area (Å²) < 4.78 is 1.95. The molecule has 3 nitrogen and oxygen atoms in total. The zero-order valence-electron chi connectivity index (χ0n) is 9.88. The van der Waals surface area contributed by atoms with Crippen molar-refractivity contribution in [3.05, 3.63) is 18.7 Å². The van der Waals surface area contributed by atoms with E-state index in [1.165, 1.54) is 19.3 Å². The van der Waals surface area contributed by atoms with Gasteiger partial charge in [0.2, 0.25) is 0 Å². The second-order valence-corrected chi connectivity index (χ2v) is 5.07. The van der Waals surface area contributed by atoms with Crippen LogP contribution in [0.4, 0.5) is 0 Å². The molecule has 0 aliphatic heterocycles. The maximum atomic E-state index is 8.71. The Bertz CT molecular complexity index is 405. The minimum atomic E-state index is 0.446. The van der Waals surface area contributed by atoms with Crippen LogP contribution in [0.25, 0.3) is 0 Å². The highest BCUT2D eigenvalue weighted by Crippen LogP contribution is 2.34. The molecule has 1 heterocycles. The Morgan fingerprint density at radius 2 is 2.29 bits per heavy atom. The summed E-state index contributed by atoms with van der Waals surface area (Å²) in [5, 5.41) is 8.71. The molecule has 1 aliphatic carbocycles. The maximum Gasteiger partial charge on any atom is 0.0995 e. The molecule has 0 saturated heterocycles. The van der Waals surface area contributed by atoms with Gasteiger partial charge >= 0.3 is 0 Å². The molecule has 1 aromatic rings. The van der Waals surface area contributed by atoms with E-state index < -0.39 is 0 Å². The molecule has 2 atom stereocenters. The van der Waals surface area contributed by atoms with Gasteiger partial charge in [0, 0.05) is 24.7 Å². The van der Waals surface area contributed by atoms with Gasteiger partial charge in [-0.3, -0.25) is 0 Å². The van der Waals surface area contributed by atoms with Crippen LogP contribution in [0.2, 0.25) is 0 Å². The lowest BCUT2D eigenvalue weighted by Crippen LogP contribution is -2.29. The lowest BCUT2D eigenvalue weighted by atomic mass is 9.77. The van der Waals surface area contributed by atoms with Crippen molar-refractivity contribution in [2.45, 2.75) is 38.5 Å². The van der Waals surface area contributed by atoms with Crippen LogP contribution in [0.1, 0.15) is 38.5 Å². The molecule has 4 heteroatoms. The lowest BCUT2D eigenvalue weighted by Gasteiger charge is -2.31. The lowest BCUT2D eigenvalue weighted by molar-refractivity contribution is 0.286. The molecule has 2 unspecified atom stereocenters. The molecule has 2 rings (SSSR count).